The van der Waals surface area contributed by atoms with Gasteiger partial charge in [-0.3, -0.25) is 0 Å². The summed E-state index contributed by atoms with van der Waals surface area (Å²) >= 11 is 3.71. The second kappa shape index (κ2) is 14.4. The molecule has 0 rings (SSSR count). The van der Waals surface area contributed by atoms with Crippen LogP contribution in [-0.2, 0) is 0 Å². The highest BCUT2D eigenvalue weighted by Gasteiger charge is 2.24. The van der Waals surface area contributed by atoms with Gasteiger partial charge in [0.2, 0.25) is 0 Å². The molecular formula is C18H39BrN+. The zero-order valence-corrected chi connectivity index (χ0v) is 16.0. The molecule has 0 aromatic carbocycles. The summed E-state index contributed by atoms with van der Waals surface area (Å²) in [4.78, 5) is 0. The molecule has 0 unspecified atom stereocenters. The van der Waals surface area contributed by atoms with Crippen LogP contribution >= 0.6 is 15.9 Å². The molecule has 0 fully saturated rings. The number of hydrogen-bond acceptors (Lipinski definition) is 0. The molecule has 0 atom stereocenters. The van der Waals surface area contributed by atoms with Crippen molar-refractivity contribution in [1.82, 2.24) is 0 Å². The second-order valence-electron chi connectivity index (χ2n) is 6.40. The number of halogens is 1. The largest absolute Gasteiger partial charge is 0.323 e. The Bertz CT molecular complexity index is 182. The molecule has 0 N–H and O–H groups in total. The molecule has 0 amide bonds. The van der Waals surface area contributed by atoms with Gasteiger partial charge in [-0.2, -0.15) is 0 Å². The number of hydrogen-bond donors (Lipinski definition) is 0. The lowest BCUT2D eigenvalue weighted by Crippen LogP contribution is -2.51. The SMILES string of the molecule is CCCCCC[N+](CCBr)(CCCC)CCCCCC. The fraction of sp³-hybridized carbons (Fsp3) is 1.00. The van der Waals surface area contributed by atoms with Crippen LogP contribution < -0.4 is 0 Å². The van der Waals surface area contributed by atoms with Gasteiger partial charge in [-0.25, -0.2) is 0 Å². The maximum absolute atomic E-state index is 3.71. The van der Waals surface area contributed by atoms with E-state index in [1.165, 1.54) is 94.9 Å². The lowest BCUT2D eigenvalue weighted by molar-refractivity contribution is -0.926. The van der Waals surface area contributed by atoms with Crippen molar-refractivity contribution in [1.29, 1.82) is 0 Å². The summed E-state index contributed by atoms with van der Waals surface area (Å²) in [6, 6.07) is 0. The van der Waals surface area contributed by atoms with Crippen LogP contribution in [0.25, 0.3) is 0 Å². The molecule has 0 bridgehead atoms. The zero-order chi connectivity index (χ0) is 15.1. The number of unbranched alkanes of at least 4 members (excludes halogenated alkanes) is 7. The summed E-state index contributed by atoms with van der Waals surface area (Å²) < 4.78 is 1.38. The summed E-state index contributed by atoms with van der Waals surface area (Å²) in [7, 11) is 0. The topological polar surface area (TPSA) is 0 Å². The standard InChI is InChI=1S/C18H39BrN/c1-4-7-10-12-16-20(18-14-19,15-9-6-3)17-13-11-8-5-2/h4-18H2,1-3H3/q+1. The molecule has 0 saturated heterocycles. The van der Waals surface area contributed by atoms with E-state index >= 15 is 0 Å². The molecule has 0 aromatic rings. The molecular weight excluding hydrogens is 310 g/mol. The van der Waals surface area contributed by atoms with Crippen LogP contribution in [-0.4, -0.2) is 36.0 Å². The third-order valence-corrected chi connectivity index (χ3v) is 4.87. The van der Waals surface area contributed by atoms with Crippen molar-refractivity contribution in [3.8, 4) is 0 Å². The Morgan fingerprint density at radius 2 is 1.00 bits per heavy atom. The number of quaternary nitrogens is 1. The van der Waals surface area contributed by atoms with Crippen molar-refractivity contribution in [2.75, 3.05) is 31.5 Å². The van der Waals surface area contributed by atoms with Crippen LogP contribution in [0.2, 0.25) is 0 Å². The fourth-order valence-corrected chi connectivity index (χ4v) is 3.84. The highest BCUT2D eigenvalue weighted by atomic mass is 79.9. The van der Waals surface area contributed by atoms with E-state index < -0.39 is 0 Å². The predicted octanol–water partition coefficient (Wildman–Crippen LogP) is 6.16. The maximum Gasteiger partial charge on any atom is 0.0885 e. The molecule has 1 nitrogen and oxygen atoms in total. The zero-order valence-electron chi connectivity index (χ0n) is 14.4. The number of nitrogens with zero attached hydrogens (tertiary/aromatic N) is 1. The lowest BCUT2D eigenvalue weighted by atomic mass is 10.1. The van der Waals surface area contributed by atoms with Gasteiger partial charge in [0.25, 0.3) is 0 Å². The van der Waals surface area contributed by atoms with Gasteiger partial charge >= 0.3 is 0 Å². The molecule has 0 heterocycles. The first-order valence-corrected chi connectivity index (χ1v) is 10.3. The van der Waals surface area contributed by atoms with Crippen molar-refractivity contribution in [2.24, 2.45) is 0 Å². The Hall–Kier alpha value is 0.440. The molecule has 122 valence electrons. The lowest BCUT2D eigenvalue weighted by Gasteiger charge is -2.39. The first kappa shape index (κ1) is 20.4. The van der Waals surface area contributed by atoms with Crippen molar-refractivity contribution in [3.05, 3.63) is 0 Å². The Morgan fingerprint density at radius 3 is 1.40 bits per heavy atom. The normalized spacial score (nSPS) is 12.0. The van der Waals surface area contributed by atoms with E-state index in [9.17, 15) is 0 Å². The minimum absolute atomic E-state index is 1.16. The van der Waals surface area contributed by atoms with Gasteiger partial charge in [0, 0.05) is 0 Å². The molecule has 0 aliphatic heterocycles. The minimum Gasteiger partial charge on any atom is -0.323 e. The third kappa shape index (κ3) is 10.2. The molecule has 2 heteroatoms. The van der Waals surface area contributed by atoms with Crippen LogP contribution in [0.4, 0.5) is 0 Å². The average Bonchev–Trinajstić information content (AvgIpc) is 2.46. The van der Waals surface area contributed by atoms with E-state index in [0.717, 1.165) is 5.33 Å². The van der Waals surface area contributed by atoms with Crippen molar-refractivity contribution in [3.63, 3.8) is 0 Å². The molecule has 0 aromatic heterocycles. The summed E-state index contributed by atoms with van der Waals surface area (Å²) in [5.41, 5.74) is 0. The number of alkyl halides is 1. The Kier molecular flexibility index (Phi) is 14.7. The van der Waals surface area contributed by atoms with Gasteiger partial charge in [0.05, 0.1) is 31.5 Å². The number of rotatable bonds is 15. The van der Waals surface area contributed by atoms with E-state index in [1.54, 1.807) is 0 Å². The van der Waals surface area contributed by atoms with Gasteiger partial charge in [-0.1, -0.05) is 68.8 Å². The van der Waals surface area contributed by atoms with Crippen molar-refractivity contribution >= 4 is 15.9 Å². The van der Waals surface area contributed by atoms with Crippen LogP contribution in [0.1, 0.15) is 85.0 Å². The summed E-state index contributed by atoms with van der Waals surface area (Å²) in [5.74, 6) is 0. The fourth-order valence-electron chi connectivity index (χ4n) is 3.09. The van der Waals surface area contributed by atoms with Crippen LogP contribution in [0.15, 0.2) is 0 Å². The Morgan fingerprint density at radius 1 is 0.550 bits per heavy atom. The maximum atomic E-state index is 3.71. The summed E-state index contributed by atoms with van der Waals surface area (Å²) in [5, 5.41) is 1.16. The quantitative estimate of drug-likeness (QED) is 0.189. The molecule has 0 aliphatic rings. The van der Waals surface area contributed by atoms with Gasteiger partial charge in [-0.05, 0) is 32.1 Å². The van der Waals surface area contributed by atoms with Gasteiger partial charge in [-0.15, -0.1) is 0 Å². The highest BCUT2D eigenvalue weighted by molar-refractivity contribution is 9.09. The summed E-state index contributed by atoms with van der Waals surface area (Å²) in [6.45, 7) is 12.5. The first-order valence-electron chi connectivity index (χ1n) is 9.15. The van der Waals surface area contributed by atoms with Crippen LogP contribution in [0.3, 0.4) is 0 Å². The average molecular weight is 349 g/mol. The Labute approximate surface area is 137 Å². The molecule has 0 radical (unpaired) electrons. The molecule has 0 spiro atoms. The first-order chi connectivity index (χ1) is 9.74. The van der Waals surface area contributed by atoms with E-state index in [-0.39, 0.29) is 0 Å². The van der Waals surface area contributed by atoms with E-state index in [4.69, 9.17) is 0 Å². The minimum atomic E-state index is 1.16. The molecule has 0 saturated carbocycles. The van der Waals surface area contributed by atoms with E-state index in [1.807, 2.05) is 0 Å². The monoisotopic (exact) mass is 348 g/mol. The summed E-state index contributed by atoms with van der Waals surface area (Å²) in [6.07, 6.45) is 14.0. The van der Waals surface area contributed by atoms with Crippen molar-refractivity contribution < 1.29 is 4.48 Å². The third-order valence-electron chi connectivity index (χ3n) is 4.52. The van der Waals surface area contributed by atoms with E-state index in [0.29, 0.717) is 0 Å². The second-order valence-corrected chi connectivity index (χ2v) is 7.19. The highest BCUT2D eigenvalue weighted by Crippen LogP contribution is 2.17. The molecule has 20 heavy (non-hydrogen) atoms. The van der Waals surface area contributed by atoms with Crippen LogP contribution in [0.5, 0.6) is 0 Å². The van der Waals surface area contributed by atoms with Crippen LogP contribution in [0, 0.1) is 0 Å². The van der Waals surface area contributed by atoms with E-state index in [2.05, 4.69) is 36.7 Å². The predicted molar refractivity (Wildman–Crippen MR) is 96.7 cm³/mol. The smallest absolute Gasteiger partial charge is 0.0885 e. The van der Waals surface area contributed by atoms with Crippen molar-refractivity contribution in [2.45, 2.75) is 85.0 Å². The van der Waals surface area contributed by atoms with Gasteiger partial charge in [0.15, 0.2) is 0 Å². The van der Waals surface area contributed by atoms with Gasteiger partial charge in [0.1, 0.15) is 0 Å². The van der Waals surface area contributed by atoms with Gasteiger partial charge < -0.3 is 4.48 Å². The molecule has 0 aliphatic carbocycles. The Balaban J connectivity index is 4.32.